The van der Waals surface area contributed by atoms with Gasteiger partial charge in [-0.3, -0.25) is 11.3 Å². The topological polar surface area (TPSA) is 38.0 Å². The molecule has 1 aromatic carbocycles. The Bertz CT molecular complexity index is 638. The summed E-state index contributed by atoms with van der Waals surface area (Å²) in [6, 6.07) is 13.3. The van der Waals surface area contributed by atoms with E-state index in [1.807, 2.05) is 11.3 Å². The molecule has 2 nitrogen and oxygen atoms in total. The van der Waals surface area contributed by atoms with Gasteiger partial charge in [0.05, 0.1) is 6.04 Å². The van der Waals surface area contributed by atoms with Crippen molar-refractivity contribution in [3.8, 4) is 0 Å². The van der Waals surface area contributed by atoms with Crippen LogP contribution in [-0.4, -0.2) is 0 Å². The predicted molar refractivity (Wildman–Crippen MR) is 84.6 cm³/mol. The summed E-state index contributed by atoms with van der Waals surface area (Å²) in [5.74, 6) is 5.73. The number of nitrogens with two attached hydrogens (primary N) is 1. The molecule has 0 spiro atoms. The van der Waals surface area contributed by atoms with Crippen LogP contribution in [-0.2, 0) is 6.42 Å². The Kier molecular flexibility index (Phi) is 3.66. The third-order valence-corrected chi connectivity index (χ3v) is 5.47. The molecule has 3 N–H and O–H groups in total. The van der Waals surface area contributed by atoms with E-state index in [2.05, 4.69) is 54.1 Å². The lowest BCUT2D eigenvalue weighted by Gasteiger charge is -2.14. The van der Waals surface area contributed by atoms with Crippen LogP contribution in [0.2, 0.25) is 0 Å². The monoisotopic (exact) mass is 288 g/mol. The van der Waals surface area contributed by atoms with Crippen molar-refractivity contribution in [3.63, 3.8) is 0 Å². The van der Waals surface area contributed by atoms with Crippen LogP contribution in [0.1, 0.15) is 22.0 Å². The van der Waals surface area contributed by atoms with Crippen molar-refractivity contribution in [2.24, 2.45) is 5.84 Å². The molecule has 0 aliphatic carbocycles. The summed E-state index contributed by atoms with van der Waals surface area (Å²) in [6.07, 6.45) is 0.921. The predicted octanol–water partition coefficient (Wildman–Crippen LogP) is 4.02. The molecule has 0 amide bonds. The fourth-order valence-electron chi connectivity index (χ4n) is 2.16. The maximum Gasteiger partial charge on any atom is 0.0594 e. The molecular formula is C15H16N2S2. The maximum atomic E-state index is 5.73. The van der Waals surface area contributed by atoms with Crippen molar-refractivity contribution in [1.29, 1.82) is 0 Å². The summed E-state index contributed by atoms with van der Waals surface area (Å²) in [7, 11) is 0. The number of rotatable bonds is 4. The number of hydrazine groups is 1. The lowest BCUT2D eigenvalue weighted by Crippen LogP contribution is -2.28. The van der Waals surface area contributed by atoms with Crippen LogP contribution in [0.3, 0.4) is 0 Å². The quantitative estimate of drug-likeness (QED) is 0.562. The van der Waals surface area contributed by atoms with E-state index < -0.39 is 0 Å². The first-order chi connectivity index (χ1) is 9.26. The zero-order chi connectivity index (χ0) is 13.2. The molecule has 2 heterocycles. The van der Waals surface area contributed by atoms with Gasteiger partial charge in [-0.1, -0.05) is 29.8 Å². The third-order valence-electron chi connectivity index (χ3n) is 3.26. The highest BCUT2D eigenvalue weighted by Crippen LogP contribution is 2.34. The molecule has 0 aliphatic rings. The van der Waals surface area contributed by atoms with Crippen molar-refractivity contribution in [3.05, 3.63) is 57.8 Å². The van der Waals surface area contributed by atoms with Gasteiger partial charge in [0.25, 0.3) is 0 Å². The van der Waals surface area contributed by atoms with Crippen LogP contribution in [0.4, 0.5) is 0 Å². The number of hydrogen-bond acceptors (Lipinski definition) is 4. The molecule has 3 aromatic rings. The van der Waals surface area contributed by atoms with E-state index in [0.717, 1.165) is 6.42 Å². The van der Waals surface area contributed by atoms with Gasteiger partial charge in [-0.2, -0.15) is 0 Å². The summed E-state index contributed by atoms with van der Waals surface area (Å²) < 4.78 is 2.70. The number of aryl methyl sites for hydroxylation is 1. The van der Waals surface area contributed by atoms with E-state index in [4.69, 9.17) is 5.84 Å². The van der Waals surface area contributed by atoms with E-state index in [-0.39, 0.29) is 6.04 Å². The van der Waals surface area contributed by atoms with Gasteiger partial charge in [0.2, 0.25) is 0 Å². The van der Waals surface area contributed by atoms with E-state index in [0.29, 0.717) is 0 Å². The average molecular weight is 288 g/mol. The van der Waals surface area contributed by atoms with Gasteiger partial charge in [-0.15, -0.1) is 22.7 Å². The highest BCUT2D eigenvalue weighted by atomic mass is 32.1. The highest BCUT2D eigenvalue weighted by Gasteiger charge is 2.14. The van der Waals surface area contributed by atoms with Crippen LogP contribution in [0, 0.1) is 6.92 Å². The second kappa shape index (κ2) is 5.43. The minimum Gasteiger partial charge on any atom is -0.271 e. The minimum atomic E-state index is 0.187. The Hall–Kier alpha value is -1.20. The minimum absolute atomic E-state index is 0.187. The van der Waals surface area contributed by atoms with Gasteiger partial charge in [-0.25, -0.2) is 0 Å². The number of hydrogen-bond donors (Lipinski definition) is 2. The first-order valence-electron chi connectivity index (χ1n) is 6.25. The van der Waals surface area contributed by atoms with E-state index in [1.54, 1.807) is 11.3 Å². The normalized spacial score (nSPS) is 12.9. The molecule has 19 heavy (non-hydrogen) atoms. The van der Waals surface area contributed by atoms with Crippen LogP contribution in [0.5, 0.6) is 0 Å². The summed E-state index contributed by atoms with van der Waals surface area (Å²) in [4.78, 5) is 1.31. The summed E-state index contributed by atoms with van der Waals surface area (Å²) >= 11 is 3.61. The fraction of sp³-hybridized carbons (Fsp3) is 0.200. The fourth-order valence-corrected chi connectivity index (χ4v) is 4.34. The first-order valence-corrected chi connectivity index (χ1v) is 7.94. The summed E-state index contributed by atoms with van der Waals surface area (Å²) in [5.41, 5.74) is 5.55. The van der Waals surface area contributed by atoms with Gasteiger partial charge in [0.1, 0.15) is 0 Å². The molecule has 3 rings (SSSR count). The zero-order valence-corrected chi connectivity index (χ0v) is 12.4. The first kappa shape index (κ1) is 12.8. The zero-order valence-electron chi connectivity index (χ0n) is 10.7. The molecule has 0 aliphatic heterocycles. The van der Waals surface area contributed by atoms with E-state index in [1.165, 1.54) is 25.4 Å². The second-order valence-corrected chi connectivity index (χ2v) is 6.77. The standard InChI is InChI=1S/C15H16N2S2/c1-10-2-4-11(5-3-10)8-12(17-16)14-9-15-13(19-14)6-7-18-15/h2-7,9,12,17H,8,16H2,1H3. The number of benzene rings is 1. The Labute approximate surface area is 120 Å². The molecule has 4 heteroatoms. The molecule has 98 valence electrons. The molecule has 1 atom stereocenters. The lowest BCUT2D eigenvalue weighted by molar-refractivity contribution is 0.561. The number of fused-ring (bicyclic) bond motifs is 1. The van der Waals surface area contributed by atoms with Crippen LogP contribution < -0.4 is 11.3 Å². The number of nitrogens with one attached hydrogen (secondary N) is 1. The smallest absolute Gasteiger partial charge is 0.0594 e. The lowest BCUT2D eigenvalue weighted by atomic mass is 10.0. The molecule has 1 unspecified atom stereocenters. The third kappa shape index (κ3) is 2.72. The Morgan fingerprint density at radius 2 is 1.95 bits per heavy atom. The van der Waals surface area contributed by atoms with E-state index in [9.17, 15) is 0 Å². The van der Waals surface area contributed by atoms with Gasteiger partial charge in [0, 0.05) is 14.3 Å². The molecule has 0 radical (unpaired) electrons. The molecule has 0 fully saturated rings. The Morgan fingerprint density at radius 1 is 1.16 bits per heavy atom. The van der Waals surface area contributed by atoms with Gasteiger partial charge < -0.3 is 0 Å². The van der Waals surface area contributed by atoms with Crippen molar-refractivity contribution < 1.29 is 0 Å². The SMILES string of the molecule is Cc1ccc(CC(NN)c2cc3sccc3s2)cc1. The number of thiophene rings is 2. The summed E-state index contributed by atoms with van der Waals surface area (Å²) in [5, 5.41) is 2.13. The Morgan fingerprint density at radius 3 is 2.63 bits per heavy atom. The molecule has 0 saturated heterocycles. The van der Waals surface area contributed by atoms with Crippen LogP contribution in [0.15, 0.2) is 41.8 Å². The van der Waals surface area contributed by atoms with Crippen molar-refractivity contribution in [2.45, 2.75) is 19.4 Å². The second-order valence-electron chi connectivity index (χ2n) is 4.71. The van der Waals surface area contributed by atoms with Crippen LogP contribution >= 0.6 is 22.7 Å². The summed E-state index contributed by atoms with van der Waals surface area (Å²) in [6.45, 7) is 2.11. The Balaban J connectivity index is 1.84. The maximum absolute atomic E-state index is 5.73. The highest BCUT2D eigenvalue weighted by molar-refractivity contribution is 7.26. The molecule has 0 saturated carbocycles. The van der Waals surface area contributed by atoms with Crippen molar-refractivity contribution in [1.82, 2.24) is 5.43 Å². The largest absolute Gasteiger partial charge is 0.271 e. The van der Waals surface area contributed by atoms with Gasteiger partial charge >= 0.3 is 0 Å². The molecule has 2 aromatic heterocycles. The average Bonchev–Trinajstić information content (AvgIpc) is 2.99. The van der Waals surface area contributed by atoms with Gasteiger partial charge in [-0.05, 0) is 36.4 Å². The van der Waals surface area contributed by atoms with Crippen molar-refractivity contribution in [2.75, 3.05) is 0 Å². The van der Waals surface area contributed by atoms with Crippen LogP contribution in [0.25, 0.3) is 9.40 Å². The van der Waals surface area contributed by atoms with Crippen molar-refractivity contribution >= 4 is 32.1 Å². The molecular weight excluding hydrogens is 272 g/mol. The van der Waals surface area contributed by atoms with Gasteiger partial charge in [0.15, 0.2) is 0 Å². The molecule has 0 bridgehead atoms. The van der Waals surface area contributed by atoms with E-state index >= 15 is 0 Å².